The van der Waals surface area contributed by atoms with Crippen LogP contribution < -0.4 is 0 Å². The molecule has 1 atom stereocenters. The third-order valence-corrected chi connectivity index (χ3v) is 4.29. The maximum absolute atomic E-state index is 5.55. The van der Waals surface area contributed by atoms with E-state index < -0.39 is 0 Å². The van der Waals surface area contributed by atoms with Crippen molar-refractivity contribution in [2.75, 3.05) is 11.5 Å². The van der Waals surface area contributed by atoms with Gasteiger partial charge in [-0.15, -0.1) is 0 Å². The molecule has 0 amide bonds. The minimum absolute atomic E-state index is 0.283. The van der Waals surface area contributed by atoms with Gasteiger partial charge in [-0.25, -0.2) is 4.98 Å². The van der Waals surface area contributed by atoms with Gasteiger partial charge < -0.3 is 4.42 Å². The van der Waals surface area contributed by atoms with E-state index in [4.69, 9.17) is 4.42 Å². The van der Waals surface area contributed by atoms with E-state index in [9.17, 15) is 0 Å². The number of thioether (sulfide) groups is 1. The van der Waals surface area contributed by atoms with Crippen molar-refractivity contribution in [2.24, 2.45) is 11.3 Å². The van der Waals surface area contributed by atoms with Gasteiger partial charge in [0, 0.05) is 5.75 Å². The second-order valence-corrected chi connectivity index (χ2v) is 6.51. The van der Waals surface area contributed by atoms with Crippen molar-refractivity contribution in [2.45, 2.75) is 39.8 Å². The van der Waals surface area contributed by atoms with E-state index in [1.165, 1.54) is 0 Å². The first-order valence-corrected chi connectivity index (χ1v) is 7.14. The molecule has 1 heterocycles. The molecular weight excluding hydrogens is 238 g/mol. The molecule has 0 aliphatic carbocycles. The number of hydrogen-bond donors (Lipinski definition) is 1. The maximum Gasteiger partial charge on any atom is 0.256 e. The Kier molecular flexibility index (Phi) is 4.80. The summed E-state index contributed by atoms with van der Waals surface area (Å²) in [4.78, 5) is 4.37. The third kappa shape index (κ3) is 3.74. The zero-order valence-electron chi connectivity index (χ0n) is 10.7. The normalized spacial score (nSPS) is 14.1. The van der Waals surface area contributed by atoms with E-state index in [0.29, 0.717) is 5.92 Å². The van der Waals surface area contributed by atoms with Gasteiger partial charge in [0.2, 0.25) is 0 Å². The Balaban J connectivity index is 2.56. The lowest BCUT2D eigenvalue weighted by Gasteiger charge is -2.28. The first-order chi connectivity index (χ1) is 7.34. The number of aryl methyl sites for hydroxylation is 2. The number of oxazole rings is 1. The summed E-state index contributed by atoms with van der Waals surface area (Å²) in [6.07, 6.45) is 0. The molecule has 0 radical (unpaired) electrons. The summed E-state index contributed by atoms with van der Waals surface area (Å²) >= 11 is 6.10. The van der Waals surface area contributed by atoms with E-state index >= 15 is 0 Å². The molecule has 1 unspecified atom stereocenters. The quantitative estimate of drug-likeness (QED) is 0.654. The summed E-state index contributed by atoms with van der Waals surface area (Å²) in [7, 11) is 0. The second-order valence-electron chi connectivity index (χ2n) is 5.18. The smallest absolute Gasteiger partial charge is 0.256 e. The topological polar surface area (TPSA) is 26.0 Å². The monoisotopic (exact) mass is 259 g/mol. The van der Waals surface area contributed by atoms with E-state index in [1.807, 2.05) is 13.8 Å². The average molecular weight is 259 g/mol. The Bertz CT molecular complexity index is 322. The lowest BCUT2D eigenvalue weighted by Crippen LogP contribution is -2.24. The summed E-state index contributed by atoms with van der Waals surface area (Å²) < 4.78 is 5.55. The molecule has 0 fully saturated rings. The fourth-order valence-electron chi connectivity index (χ4n) is 1.25. The molecule has 16 heavy (non-hydrogen) atoms. The number of aromatic nitrogens is 1. The number of thiol groups is 1. The Morgan fingerprint density at radius 1 is 1.38 bits per heavy atom. The lowest BCUT2D eigenvalue weighted by atomic mass is 9.83. The fraction of sp³-hybridized carbons (Fsp3) is 0.750. The molecule has 1 aromatic rings. The van der Waals surface area contributed by atoms with E-state index in [1.54, 1.807) is 11.8 Å². The summed E-state index contributed by atoms with van der Waals surface area (Å²) in [5.41, 5.74) is 1.27. The lowest BCUT2D eigenvalue weighted by molar-refractivity contribution is 0.293. The Morgan fingerprint density at radius 2 is 2.00 bits per heavy atom. The van der Waals surface area contributed by atoms with Gasteiger partial charge >= 0.3 is 0 Å². The van der Waals surface area contributed by atoms with Crippen molar-refractivity contribution in [3.8, 4) is 0 Å². The summed E-state index contributed by atoms with van der Waals surface area (Å²) in [5.74, 6) is 3.38. The van der Waals surface area contributed by atoms with Gasteiger partial charge in [-0.3, -0.25) is 0 Å². The number of rotatable bonds is 4. The van der Waals surface area contributed by atoms with Crippen LogP contribution in [0.5, 0.6) is 0 Å². The molecule has 0 saturated carbocycles. The highest BCUT2D eigenvalue weighted by Crippen LogP contribution is 2.32. The van der Waals surface area contributed by atoms with Crippen LogP contribution >= 0.6 is 24.4 Å². The Labute approximate surface area is 108 Å². The van der Waals surface area contributed by atoms with E-state index in [-0.39, 0.29) is 5.41 Å². The zero-order valence-corrected chi connectivity index (χ0v) is 12.4. The van der Waals surface area contributed by atoms with Crippen LogP contribution in [0.2, 0.25) is 0 Å². The number of nitrogens with zero attached hydrogens (tertiary/aromatic N) is 1. The standard InChI is InChI=1S/C12H21NOS2/c1-8-9(2)14-11(13-8)16-7-10(6-15)12(3,4)5/h10,15H,6-7H2,1-5H3. The minimum Gasteiger partial charge on any atom is -0.437 e. The molecule has 92 valence electrons. The Morgan fingerprint density at radius 3 is 2.38 bits per heavy atom. The third-order valence-electron chi connectivity index (χ3n) is 2.86. The molecule has 1 rings (SSSR count). The predicted octanol–water partition coefficient (Wildman–Crippen LogP) is 3.98. The van der Waals surface area contributed by atoms with Crippen molar-refractivity contribution >= 4 is 24.4 Å². The first-order valence-electron chi connectivity index (χ1n) is 5.52. The van der Waals surface area contributed by atoms with Gasteiger partial charge in [0.25, 0.3) is 5.22 Å². The van der Waals surface area contributed by atoms with Crippen molar-refractivity contribution in [1.82, 2.24) is 4.98 Å². The highest BCUT2D eigenvalue weighted by molar-refractivity contribution is 7.99. The SMILES string of the molecule is Cc1nc(SCC(CS)C(C)(C)C)oc1C. The van der Waals surface area contributed by atoms with Gasteiger partial charge in [0.05, 0.1) is 5.69 Å². The molecule has 0 aliphatic heterocycles. The van der Waals surface area contributed by atoms with Crippen LogP contribution in [0, 0.1) is 25.2 Å². The van der Waals surface area contributed by atoms with Gasteiger partial charge in [-0.05, 0) is 30.9 Å². The highest BCUT2D eigenvalue weighted by Gasteiger charge is 2.24. The van der Waals surface area contributed by atoms with E-state index in [0.717, 1.165) is 28.2 Å². The summed E-state index contributed by atoms with van der Waals surface area (Å²) in [5, 5.41) is 0.783. The molecule has 2 nitrogen and oxygen atoms in total. The van der Waals surface area contributed by atoms with Crippen molar-refractivity contribution in [1.29, 1.82) is 0 Å². The van der Waals surface area contributed by atoms with E-state index in [2.05, 4.69) is 38.4 Å². The highest BCUT2D eigenvalue weighted by atomic mass is 32.2. The first kappa shape index (κ1) is 14.0. The summed E-state index contributed by atoms with van der Waals surface area (Å²) in [6.45, 7) is 10.7. The van der Waals surface area contributed by atoms with Crippen LogP contribution in [-0.4, -0.2) is 16.5 Å². The van der Waals surface area contributed by atoms with Crippen LogP contribution in [0.15, 0.2) is 9.64 Å². The summed E-state index contributed by atoms with van der Waals surface area (Å²) in [6, 6.07) is 0. The van der Waals surface area contributed by atoms with Crippen molar-refractivity contribution in [3.05, 3.63) is 11.5 Å². The minimum atomic E-state index is 0.283. The van der Waals surface area contributed by atoms with Crippen LogP contribution in [0.1, 0.15) is 32.2 Å². The molecule has 4 heteroatoms. The van der Waals surface area contributed by atoms with Crippen LogP contribution in [0.25, 0.3) is 0 Å². The van der Waals surface area contributed by atoms with Crippen LogP contribution in [0.3, 0.4) is 0 Å². The van der Waals surface area contributed by atoms with Crippen LogP contribution in [-0.2, 0) is 0 Å². The van der Waals surface area contributed by atoms with Gasteiger partial charge in [-0.1, -0.05) is 32.5 Å². The van der Waals surface area contributed by atoms with Crippen molar-refractivity contribution in [3.63, 3.8) is 0 Å². The predicted molar refractivity (Wildman–Crippen MR) is 73.5 cm³/mol. The fourth-order valence-corrected chi connectivity index (χ4v) is 3.45. The number of hydrogen-bond acceptors (Lipinski definition) is 4. The average Bonchev–Trinajstić information content (AvgIpc) is 2.45. The molecule has 0 spiro atoms. The molecular formula is C12H21NOS2. The van der Waals surface area contributed by atoms with Gasteiger partial charge in [-0.2, -0.15) is 12.6 Å². The molecule has 0 saturated heterocycles. The van der Waals surface area contributed by atoms with Crippen molar-refractivity contribution < 1.29 is 4.42 Å². The van der Waals surface area contributed by atoms with Gasteiger partial charge in [0.1, 0.15) is 5.76 Å². The molecule has 0 bridgehead atoms. The molecule has 0 N–H and O–H groups in total. The van der Waals surface area contributed by atoms with Gasteiger partial charge in [0.15, 0.2) is 0 Å². The zero-order chi connectivity index (χ0) is 12.3. The molecule has 0 aromatic carbocycles. The largest absolute Gasteiger partial charge is 0.437 e. The molecule has 0 aliphatic rings. The second kappa shape index (κ2) is 5.50. The Hall–Kier alpha value is -0.0900. The maximum atomic E-state index is 5.55. The molecule has 1 aromatic heterocycles. The van der Waals surface area contributed by atoms with Crippen LogP contribution in [0.4, 0.5) is 0 Å².